The van der Waals surface area contributed by atoms with Gasteiger partial charge in [0.25, 0.3) is 15.9 Å². The van der Waals surface area contributed by atoms with Gasteiger partial charge in [-0.05, 0) is 79.2 Å². The lowest BCUT2D eigenvalue weighted by molar-refractivity contribution is -0.127. The number of fused-ring (bicyclic) bond motifs is 1. The molecule has 1 fully saturated rings. The average Bonchev–Trinajstić information content (AvgIpc) is 3.44. The minimum atomic E-state index is -3.94. The van der Waals surface area contributed by atoms with Crippen molar-refractivity contribution < 1.29 is 17.9 Å². The summed E-state index contributed by atoms with van der Waals surface area (Å²) in [7, 11) is -3.94. The van der Waals surface area contributed by atoms with Gasteiger partial charge in [0.05, 0.1) is 17.1 Å². The zero-order valence-electron chi connectivity index (χ0n) is 23.8. The molecule has 0 aromatic heterocycles. The summed E-state index contributed by atoms with van der Waals surface area (Å²) in [5.41, 5.74) is 4.46. The molecule has 212 valence electrons. The first kappa shape index (κ1) is 28.2. The van der Waals surface area contributed by atoms with E-state index in [0.29, 0.717) is 18.0 Å². The Morgan fingerprint density at radius 2 is 1.65 bits per heavy atom. The molecule has 0 spiro atoms. The summed E-state index contributed by atoms with van der Waals surface area (Å²) < 4.78 is 35.3. The summed E-state index contributed by atoms with van der Waals surface area (Å²) in [6.45, 7) is 11.4. The molecule has 2 aliphatic heterocycles. The lowest BCUT2D eigenvalue weighted by Crippen LogP contribution is -2.50. The van der Waals surface area contributed by atoms with Gasteiger partial charge in [-0.25, -0.2) is 8.42 Å². The lowest BCUT2D eigenvalue weighted by atomic mass is 9.86. The maximum atomic E-state index is 13.9. The number of carbonyl (C=O) groups is 1. The van der Waals surface area contributed by atoms with Crippen molar-refractivity contribution in [3.05, 3.63) is 89.0 Å². The van der Waals surface area contributed by atoms with Crippen LogP contribution in [0.25, 0.3) is 0 Å². The van der Waals surface area contributed by atoms with Crippen LogP contribution in [0.15, 0.2) is 71.6 Å². The summed E-state index contributed by atoms with van der Waals surface area (Å²) in [5.74, 6) is 0.0372. The minimum Gasteiger partial charge on any atom is -0.476 e. The molecule has 5 rings (SSSR count). The highest BCUT2D eigenvalue weighted by Crippen LogP contribution is 2.40. The Kier molecular flexibility index (Phi) is 7.93. The molecular formula is C32H39N3O4S. The van der Waals surface area contributed by atoms with E-state index in [4.69, 9.17) is 4.74 Å². The van der Waals surface area contributed by atoms with Crippen molar-refractivity contribution in [1.82, 2.24) is 10.2 Å². The third kappa shape index (κ3) is 6.03. The number of sulfonamides is 1. The third-order valence-corrected chi connectivity index (χ3v) is 9.55. The smallest absolute Gasteiger partial charge is 0.264 e. The predicted octanol–water partition coefficient (Wildman–Crippen LogP) is 5.16. The fourth-order valence-electron chi connectivity index (χ4n) is 5.28. The zero-order valence-corrected chi connectivity index (χ0v) is 24.6. The van der Waals surface area contributed by atoms with Crippen LogP contribution in [0.4, 0.5) is 5.69 Å². The number of nitrogens with one attached hydrogen (secondary N) is 1. The molecule has 40 heavy (non-hydrogen) atoms. The normalized spacial score (nSPS) is 17.8. The van der Waals surface area contributed by atoms with E-state index < -0.39 is 16.1 Å². The van der Waals surface area contributed by atoms with Crippen LogP contribution in [0.3, 0.4) is 0 Å². The number of aryl methyl sites for hydroxylation is 1. The summed E-state index contributed by atoms with van der Waals surface area (Å²) in [5, 5.41) is 3.02. The van der Waals surface area contributed by atoms with Gasteiger partial charge in [0.15, 0.2) is 6.10 Å². The van der Waals surface area contributed by atoms with Crippen molar-refractivity contribution in [3.8, 4) is 5.75 Å². The summed E-state index contributed by atoms with van der Waals surface area (Å²) in [4.78, 5) is 16.1. The van der Waals surface area contributed by atoms with E-state index in [9.17, 15) is 13.2 Å². The fraction of sp³-hybridized carbons (Fsp3) is 0.406. The fourth-order valence-corrected chi connectivity index (χ4v) is 6.75. The van der Waals surface area contributed by atoms with E-state index in [1.807, 2.05) is 37.3 Å². The molecule has 0 unspecified atom stereocenters. The van der Waals surface area contributed by atoms with E-state index in [1.54, 1.807) is 30.3 Å². The zero-order chi connectivity index (χ0) is 28.5. The summed E-state index contributed by atoms with van der Waals surface area (Å²) in [6, 6.07) is 20.5. The molecule has 3 aromatic rings. The van der Waals surface area contributed by atoms with Crippen LogP contribution in [-0.4, -0.2) is 45.0 Å². The van der Waals surface area contributed by atoms with Gasteiger partial charge in [-0.2, -0.15) is 0 Å². The van der Waals surface area contributed by atoms with Crippen LogP contribution in [0, 0.1) is 6.92 Å². The molecule has 2 aliphatic rings. The van der Waals surface area contributed by atoms with Gasteiger partial charge >= 0.3 is 0 Å². The van der Waals surface area contributed by atoms with Crippen LogP contribution in [0.5, 0.6) is 5.75 Å². The molecule has 1 amide bonds. The van der Waals surface area contributed by atoms with Gasteiger partial charge in [0, 0.05) is 13.1 Å². The second-order valence-electron chi connectivity index (χ2n) is 11.9. The summed E-state index contributed by atoms with van der Waals surface area (Å²) in [6.07, 6.45) is 1.45. The third-order valence-electron chi connectivity index (χ3n) is 7.76. The first-order valence-corrected chi connectivity index (χ1v) is 15.4. The first-order chi connectivity index (χ1) is 19.0. The highest BCUT2D eigenvalue weighted by Gasteiger charge is 2.38. The maximum absolute atomic E-state index is 13.9. The average molecular weight is 562 g/mol. The standard InChI is InChI=1S/C32H39N3O4S/c1-23-11-14-27(15-12-23)40(37,38)35-22-30(39-29-16-13-26(19-28(29)35)32(2,3)4)31(36)33-20-24-9-5-6-10-25(24)21-34-17-7-8-18-34/h5-6,9-16,19,30H,7-8,17-18,20-22H2,1-4H3,(H,33,36)/t30-/m1/s1. The Balaban J connectivity index is 1.40. The Bertz CT molecular complexity index is 1470. The van der Waals surface area contributed by atoms with Crippen molar-refractivity contribution >= 4 is 21.6 Å². The molecule has 1 N–H and O–H groups in total. The number of anilines is 1. The highest BCUT2D eigenvalue weighted by atomic mass is 32.2. The largest absolute Gasteiger partial charge is 0.476 e. The van der Waals surface area contributed by atoms with Gasteiger partial charge in [0.2, 0.25) is 0 Å². The Morgan fingerprint density at radius 1 is 0.975 bits per heavy atom. The van der Waals surface area contributed by atoms with E-state index >= 15 is 0 Å². The second-order valence-corrected chi connectivity index (χ2v) is 13.7. The number of hydrogen-bond acceptors (Lipinski definition) is 5. The topological polar surface area (TPSA) is 79.0 Å². The second kappa shape index (κ2) is 11.3. The van der Waals surface area contributed by atoms with Gasteiger partial charge < -0.3 is 10.1 Å². The number of ether oxygens (including phenoxy) is 1. The number of nitrogens with zero attached hydrogens (tertiary/aromatic N) is 2. The number of benzene rings is 3. The number of likely N-dealkylation sites (tertiary alicyclic amines) is 1. The Hall–Kier alpha value is -3.36. The van der Waals surface area contributed by atoms with E-state index in [0.717, 1.165) is 36.3 Å². The van der Waals surface area contributed by atoms with Gasteiger partial charge in [-0.15, -0.1) is 0 Å². The minimum absolute atomic E-state index is 0.113. The molecule has 0 bridgehead atoms. The molecule has 0 saturated carbocycles. The Labute approximate surface area is 238 Å². The van der Waals surface area contributed by atoms with Gasteiger partial charge in [0.1, 0.15) is 5.75 Å². The van der Waals surface area contributed by atoms with Crippen molar-refractivity contribution in [3.63, 3.8) is 0 Å². The van der Waals surface area contributed by atoms with Crippen molar-refractivity contribution in [2.24, 2.45) is 0 Å². The number of hydrogen-bond donors (Lipinski definition) is 1. The number of rotatable bonds is 7. The molecule has 7 nitrogen and oxygen atoms in total. The lowest BCUT2D eigenvalue weighted by Gasteiger charge is -2.36. The van der Waals surface area contributed by atoms with E-state index in [-0.39, 0.29) is 22.8 Å². The molecule has 1 saturated heterocycles. The highest BCUT2D eigenvalue weighted by molar-refractivity contribution is 7.92. The van der Waals surface area contributed by atoms with Crippen LogP contribution in [-0.2, 0) is 33.3 Å². The number of carbonyl (C=O) groups excluding carboxylic acids is 1. The molecule has 0 radical (unpaired) electrons. The monoisotopic (exact) mass is 561 g/mol. The van der Waals surface area contributed by atoms with Crippen molar-refractivity contribution in [1.29, 1.82) is 0 Å². The van der Waals surface area contributed by atoms with Crippen molar-refractivity contribution in [2.75, 3.05) is 23.9 Å². The SMILES string of the molecule is Cc1ccc(S(=O)(=O)N2C[C@H](C(=O)NCc3ccccc3CN3CCCC3)Oc3ccc(C(C)(C)C)cc32)cc1. The molecule has 2 heterocycles. The maximum Gasteiger partial charge on any atom is 0.264 e. The molecule has 8 heteroatoms. The van der Waals surface area contributed by atoms with E-state index in [2.05, 4.69) is 37.1 Å². The van der Waals surface area contributed by atoms with Crippen LogP contribution in [0.1, 0.15) is 55.9 Å². The summed E-state index contributed by atoms with van der Waals surface area (Å²) >= 11 is 0. The van der Waals surface area contributed by atoms with E-state index in [1.165, 1.54) is 22.7 Å². The van der Waals surface area contributed by atoms with Crippen LogP contribution >= 0.6 is 0 Å². The van der Waals surface area contributed by atoms with Crippen LogP contribution in [0.2, 0.25) is 0 Å². The molecule has 0 aliphatic carbocycles. The van der Waals surface area contributed by atoms with Crippen molar-refractivity contribution in [2.45, 2.75) is 70.0 Å². The predicted molar refractivity (Wildman–Crippen MR) is 158 cm³/mol. The quantitative estimate of drug-likeness (QED) is 0.431. The first-order valence-electron chi connectivity index (χ1n) is 14.0. The molecule has 1 atom stereocenters. The van der Waals surface area contributed by atoms with Gasteiger partial charge in [-0.1, -0.05) is 68.8 Å². The van der Waals surface area contributed by atoms with Gasteiger partial charge in [-0.3, -0.25) is 14.0 Å². The molecule has 3 aromatic carbocycles. The van der Waals surface area contributed by atoms with Crippen LogP contribution < -0.4 is 14.4 Å². The number of amides is 1. The molecular weight excluding hydrogens is 522 g/mol. The Morgan fingerprint density at radius 3 is 2.33 bits per heavy atom.